The van der Waals surface area contributed by atoms with Gasteiger partial charge in [0, 0.05) is 19.1 Å². The van der Waals surface area contributed by atoms with Gasteiger partial charge >= 0.3 is 0 Å². The maximum absolute atomic E-state index is 6.44. The van der Waals surface area contributed by atoms with Gasteiger partial charge in [0.05, 0.1) is 0 Å². The summed E-state index contributed by atoms with van der Waals surface area (Å²) in [4.78, 5) is 2.47. The number of nitrogens with two attached hydrogens (primary N) is 1. The van der Waals surface area contributed by atoms with Crippen LogP contribution in [0, 0.1) is 31.6 Å². The number of hydrogen-bond acceptors (Lipinski definition) is 2. The number of nitrogens with zero attached hydrogens (tertiary/aromatic N) is 1. The molecule has 3 rings (SSSR count). The SMILES string of the molecule is Cc1cc(C)cc(C(N)CN(C)CC2CC3CCC2C3)c1. The Morgan fingerprint density at radius 3 is 2.43 bits per heavy atom. The zero-order valence-electron chi connectivity index (χ0n) is 13.8. The Morgan fingerprint density at radius 2 is 1.86 bits per heavy atom. The fourth-order valence-electron chi connectivity index (χ4n) is 4.74. The molecule has 116 valence electrons. The van der Waals surface area contributed by atoms with Crippen molar-refractivity contribution in [1.29, 1.82) is 0 Å². The van der Waals surface area contributed by atoms with E-state index in [1.807, 2.05) is 0 Å². The topological polar surface area (TPSA) is 29.3 Å². The van der Waals surface area contributed by atoms with Gasteiger partial charge in [-0.3, -0.25) is 0 Å². The molecule has 0 spiro atoms. The fourth-order valence-corrected chi connectivity index (χ4v) is 4.74. The maximum atomic E-state index is 6.44. The predicted molar refractivity (Wildman–Crippen MR) is 89.3 cm³/mol. The molecular formula is C19H30N2. The molecule has 2 aliphatic carbocycles. The summed E-state index contributed by atoms with van der Waals surface area (Å²) in [6, 6.07) is 6.83. The fraction of sp³-hybridized carbons (Fsp3) is 0.684. The molecule has 0 saturated heterocycles. The summed E-state index contributed by atoms with van der Waals surface area (Å²) in [5.41, 5.74) is 10.4. The molecule has 4 atom stereocenters. The van der Waals surface area contributed by atoms with E-state index < -0.39 is 0 Å². The van der Waals surface area contributed by atoms with Crippen LogP contribution in [-0.4, -0.2) is 25.0 Å². The van der Waals surface area contributed by atoms with Crippen molar-refractivity contribution in [2.75, 3.05) is 20.1 Å². The first-order valence-electron chi connectivity index (χ1n) is 8.53. The third-order valence-corrected chi connectivity index (χ3v) is 5.61. The van der Waals surface area contributed by atoms with Crippen LogP contribution in [0.25, 0.3) is 0 Å². The minimum Gasteiger partial charge on any atom is -0.323 e. The first kappa shape index (κ1) is 15.1. The summed E-state index contributed by atoms with van der Waals surface area (Å²) in [5, 5.41) is 0. The van der Waals surface area contributed by atoms with Crippen LogP contribution in [0.1, 0.15) is 48.4 Å². The monoisotopic (exact) mass is 286 g/mol. The molecule has 1 aromatic carbocycles. The number of fused-ring (bicyclic) bond motifs is 2. The molecule has 2 bridgehead atoms. The summed E-state index contributed by atoms with van der Waals surface area (Å²) in [5.74, 6) is 2.98. The van der Waals surface area contributed by atoms with E-state index in [-0.39, 0.29) is 6.04 Å². The van der Waals surface area contributed by atoms with Crippen molar-refractivity contribution in [2.45, 2.75) is 45.6 Å². The van der Waals surface area contributed by atoms with Gasteiger partial charge in [-0.05, 0) is 63.5 Å². The van der Waals surface area contributed by atoms with E-state index in [0.29, 0.717) is 0 Å². The molecule has 0 amide bonds. The molecule has 0 aliphatic heterocycles. The number of likely N-dealkylation sites (N-methyl/N-ethyl adjacent to an activating group) is 1. The average Bonchev–Trinajstić information content (AvgIpc) is 2.99. The summed E-state index contributed by atoms with van der Waals surface area (Å²) >= 11 is 0. The number of hydrogen-bond donors (Lipinski definition) is 1. The summed E-state index contributed by atoms with van der Waals surface area (Å²) in [6.07, 6.45) is 5.94. The number of aryl methyl sites for hydroxylation is 2. The lowest BCUT2D eigenvalue weighted by Gasteiger charge is -2.29. The second-order valence-electron chi connectivity index (χ2n) is 7.68. The van der Waals surface area contributed by atoms with E-state index in [2.05, 4.69) is 44.0 Å². The van der Waals surface area contributed by atoms with E-state index in [1.54, 1.807) is 0 Å². The predicted octanol–water partition coefficient (Wildman–Crippen LogP) is 3.67. The molecule has 0 aromatic heterocycles. The van der Waals surface area contributed by atoms with Crippen LogP contribution in [-0.2, 0) is 0 Å². The van der Waals surface area contributed by atoms with Crippen LogP contribution >= 0.6 is 0 Å². The van der Waals surface area contributed by atoms with Gasteiger partial charge < -0.3 is 10.6 Å². The van der Waals surface area contributed by atoms with E-state index in [0.717, 1.165) is 24.3 Å². The van der Waals surface area contributed by atoms with Gasteiger partial charge in [0.25, 0.3) is 0 Å². The van der Waals surface area contributed by atoms with Gasteiger partial charge in [-0.2, -0.15) is 0 Å². The maximum Gasteiger partial charge on any atom is 0.0424 e. The van der Waals surface area contributed by atoms with Gasteiger partial charge in [0.1, 0.15) is 0 Å². The highest BCUT2D eigenvalue weighted by molar-refractivity contribution is 5.30. The molecule has 1 aromatic rings. The smallest absolute Gasteiger partial charge is 0.0424 e. The van der Waals surface area contributed by atoms with Crippen LogP contribution in [0.15, 0.2) is 18.2 Å². The highest BCUT2D eigenvalue weighted by atomic mass is 15.1. The molecule has 21 heavy (non-hydrogen) atoms. The highest BCUT2D eigenvalue weighted by Gasteiger charge is 2.39. The largest absolute Gasteiger partial charge is 0.323 e. The Balaban J connectivity index is 1.55. The third-order valence-electron chi connectivity index (χ3n) is 5.61. The molecule has 2 N–H and O–H groups in total. The molecule has 0 radical (unpaired) electrons. The van der Waals surface area contributed by atoms with Crippen LogP contribution in [0.3, 0.4) is 0 Å². The van der Waals surface area contributed by atoms with Crippen molar-refractivity contribution >= 4 is 0 Å². The van der Waals surface area contributed by atoms with Crippen molar-refractivity contribution in [3.63, 3.8) is 0 Å². The molecule has 2 heteroatoms. The van der Waals surface area contributed by atoms with Crippen LogP contribution in [0.2, 0.25) is 0 Å². The Labute approximate surface area is 129 Å². The molecule has 0 heterocycles. The van der Waals surface area contributed by atoms with E-state index in [9.17, 15) is 0 Å². The lowest BCUT2D eigenvalue weighted by atomic mass is 9.88. The molecule has 2 fully saturated rings. The van der Waals surface area contributed by atoms with Gasteiger partial charge in [-0.25, -0.2) is 0 Å². The third kappa shape index (κ3) is 3.49. The van der Waals surface area contributed by atoms with Gasteiger partial charge in [0.2, 0.25) is 0 Å². The Bertz CT molecular complexity index is 476. The quantitative estimate of drug-likeness (QED) is 0.895. The molecule has 2 aliphatic rings. The molecule has 2 nitrogen and oxygen atoms in total. The average molecular weight is 286 g/mol. The first-order chi connectivity index (χ1) is 10.0. The first-order valence-corrected chi connectivity index (χ1v) is 8.53. The normalized spacial score (nSPS) is 29.3. The second kappa shape index (κ2) is 6.10. The summed E-state index contributed by atoms with van der Waals surface area (Å²) in [6.45, 7) is 6.51. The minimum atomic E-state index is 0.132. The van der Waals surface area contributed by atoms with Crippen molar-refractivity contribution in [1.82, 2.24) is 4.90 Å². The Hall–Kier alpha value is -0.860. The lowest BCUT2D eigenvalue weighted by molar-refractivity contribution is 0.212. The van der Waals surface area contributed by atoms with E-state index in [4.69, 9.17) is 5.73 Å². The summed E-state index contributed by atoms with van der Waals surface area (Å²) in [7, 11) is 2.24. The van der Waals surface area contributed by atoms with Crippen molar-refractivity contribution < 1.29 is 0 Å². The van der Waals surface area contributed by atoms with E-state index >= 15 is 0 Å². The zero-order chi connectivity index (χ0) is 15.0. The van der Waals surface area contributed by atoms with E-state index in [1.165, 1.54) is 48.9 Å². The standard InChI is InChI=1S/C19H30N2/c1-13-6-14(2)8-17(7-13)19(20)12-21(3)11-18-10-15-4-5-16(18)9-15/h6-8,15-16,18-19H,4-5,9-12,20H2,1-3H3. The van der Waals surface area contributed by atoms with Gasteiger partial charge in [0.15, 0.2) is 0 Å². The molecule has 2 saturated carbocycles. The van der Waals surface area contributed by atoms with Crippen LogP contribution < -0.4 is 5.73 Å². The number of benzene rings is 1. The van der Waals surface area contributed by atoms with Gasteiger partial charge in [-0.15, -0.1) is 0 Å². The minimum absolute atomic E-state index is 0.132. The molecular weight excluding hydrogens is 256 g/mol. The number of rotatable bonds is 5. The highest BCUT2D eigenvalue weighted by Crippen LogP contribution is 2.48. The zero-order valence-corrected chi connectivity index (χ0v) is 13.8. The lowest BCUT2D eigenvalue weighted by Crippen LogP contribution is -2.34. The second-order valence-corrected chi connectivity index (χ2v) is 7.68. The Kier molecular flexibility index (Phi) is 4.37. The van der Waals surface area contributed by atoms with Crippen LogP contribution in [0.5, 0.6) is 0 Å². The van der Waals surface area contributed by atoms with Crippen LogP contribution in [0.4, 0.5) is 0 Å². The Morgan fingerprint density at radius 1 is 1.14 bits per heavy atom. The van der Waals surface area contributed by atoms with Gasteiger partial charge in [-0.1, -0.05) is 35.7 Å². The molecule has 4 unspecified atom stereocenters. The van der Waals surface area contributed by atoms with Crippen molar-refractivity contribution in [3.8, 4) is 0 Å². The van der Waals surface area contributed by atoms with Crippen molar-refractivity contribution in [2.24, 2.45) is 23.5 Å². The summed E-state index contributed by atoms with van der Waals surface area (Å²) < 4.78 is 0. The van der Waals surface area contributed by atoms with Crippen molar-refractivity contribution in [3.05, 3.63) is 34.9 Å².